The van der Waals surface area contributed by atoms with Crippen molar-refractivity contribution in [3.63, 3.8) is 0 Å². The van der Waals surface area contributed by atoms with E-state index in [1.165, 1.54) is 25.0 Å². The Kier molecular flexibility index (Phi) is 4.58. The number of hydrogen-bond acceptors (Lipinski definition) is 1. The van der Waals surface area contributed by atoms with Crippen molar-refractivity contribution in [2.24, 2.45) is 5.92 Å². The van der Waals surface area contributed by atoms with Crippen LogP contribution in [0, 0.1) is 17.6 Å². The molecule has 5 heteroatoms. The zero-order valence-corrected chi connectivity index (χ0v) is 12.6. The number of hydrogen-bond donors (Lipinski definition) is 2. The van der Waals surface area contributed by atoms with E-state index >= 15 is 0 Å². The van der Waals surface area contributed by atoms with Gasteiger partial charge in [0.15, 0.2) is 5.11 Å². The third-order valence-electron chi connectivity index (χ3n) is 4.14. The summed E-state index contributed by atoms with van der Waals surface area (Å²) in [5.41, 5.74) is 0.182. The van der Waals surface area contributed by atoms with Gasteiger partial charge in [-0.15, -0.1) is 0 Å². The van der Waals surface area contributed by atoms with Crippen molar-refractivity contribution in [3.05, 3.63) is 29.8 Å². The largest absolute Gasteiger partial charge is 0.357 e. The van der Waals surface area contributed by atoms with E-state index in [4.69, 9.17) is 12.2 Å². The van der Waals surface area contributed by atoms with Crippen molar-refractivity contribution in [2.45, 2.75) is 45.1 Å². The molecule has 1 aliphatic carbocycles. The number of anilines is 1. The molecule has 110 valence electrons. The van der Waals surface area contributed by atoms with Crippen molar-refractivity contribution in [3.8, 4) is 0 Å². The minimum absolute atomic E-state index is 0.0133. The molecule has 1 aromatic rings. The van der Waals surface area contributed by atoms with E-state index in [0.717, 1.165) is 18.9 Å². The summed E-state index contributed by atoms with van der Waals surface area (Å²) in [4.78, 5) is 0. The third-order valence-corrected chi connectivity index (χ3v) is 4.35. The monoisotopic (exact) mass is 298 g/mol. The standard InChI is InChI=1S/C15H20F2N2S/c1-10(2)15(7-3-4-8-15)19-14(20)18-13-6-5-11(16)9-12(13)17/h5-6,9-10H,3-4,7-8H2,1-2H3,(H2,18,19,20). The van der Waals surface area contributed by atoms with E-state index in [2.05, 4.69) is 24.5 Å². The predicted molar refractivity (Wildman–Crippen MR) is 81.8 cm³/mol. The van der Waals surface area contributed by atoms with Crippen molar-refractivity contribution in [1.29, 1.82) is 0 Å². The average Bonchev–Trinajstić information content (AvgIpc) is 2.82. The molecule has 1 saturated carbocycles. The van der Waals surface area contributed by atoms with Gasteiger partial charge in [-0.2, -0.15) is 0 Å². The molecule has 0 saturated heterocycles. The van der Waals surface area contributed by atoms with Gasteiger partial charge in [0.2, 0.25) is 0 Å². The maximum Gasteiger partial charge on any atom is 0.171 e. The van der Waals surface area contributed by atoms with Gasteiger partial charge < -0.3 is 10.6 Å². The summed E-state index contributed by atoms with van der Waals surface area (Å²) < 4.78 is 26.5. The minimum Gasteiger partial charge on any atom is -0.357 e. The molecule has 0 aromatic heterocycles. The molecule has 2 nitrogen and oxygen atoms in total. The summed E-state index contributed by atoms with van der Waals surface area (Å²) >= 11 is 5.27. The highest BCUT2D eigenvalue weighted by Crippen LogP contribution is 2.35. The van der Waals surface area contributed by atoms with Crippen molar-refractivity contribution in [1.82, 2.24) is 5.32 Å². The highest BCUT2D eigenvalue weighted by atomic mass is 32.1. The van der Waals surface area contributed by atoms with E-state index in [9.17, 15) is 8.78 Å². The minimum atomic E-state index is -0.640. The first-order valence-corrected chi connectivity index (χ1v) is 7.38. The normalized spacial score (nSPS) is 17.2. The molecule has 2 N–H and O–H groups in total. The lowest BCUT2D eigenvalue weighted by molar-refractivity contribution is 0.283. The van der Waals surface area contributed by atoms with Crippen LogP contribution in [-0.2, 0) is 0 Å². The van der Waals surface area contributed by atoms with E-state index < -0.39 is 11.6 Å². The second kappa shape index (κ2) is 6.04. The van der Waals surface area contributed by atoms with Crippen LogP contribution in [0.1, 0.15) is 39.5 Å². The van der Waals surface area contributed by atoms with Gasteiger partial charge in [-0.05, 0) is 43.1 Å². The smallest absolute Gasteiger partial charge is 0.171 e. The van der Waals surface area contributed by atoms with Crippen LogP contribution < -0.4 is 10.6 Å². The molecule has 0 aliphatic heterocycles. The van der Waals surface area contributed by atoms with Crippen LogP contribution >= 0.6 is 12.2 Å². The number of thiocarbonyl (C=S) groups is 1. The van der Waals surface area contributed by atoms with Crippen LogP contribution in [0.25, 0.3) is 0 Å². The molecule has 2 rings (SSSR count). The lowest BCUT2D eigenvalue weighted by Gasteiger charge is -2.35. The molecular weight excluding hydrogens is 278 g/mol. The maximum absolute atomic E-state index is 13.6. The first kappa shape index (κ1) is 15.2. The van der Waals surface area contributed by atoms with Gasteiger partial charge in [-0.3, -0.25) is 0 Å². The molecule has 1 fully saturated rings. The summed E-state index contributed by atoms with van der Waals surface area (Å²) in [6.45, 7) is 4.33. The Morgan fingerprint density at radius 2 is 1.90 bits per heavy atom. The predicted octanol–water partition coefficient (Wildman–Crippen LogP) is 4.22. The highest BCUT2D eigenvalue weighted by Gasteiger charge is 2.37. The molecule has 0 heterocycles. The van der Waals surface area contributed by atoms with Gasteiger partial charge in [-0.1, -0.05) is 26.7 Å². The Morgan fingerprint density at radius 1 is 1.25 bits per heavy atom. The molecular formula is C15H20F2N2S. The van der Waals surface area contributed by atoms with E-state index in [1.54, 1.807) is 0 Å². The third kappa shape index (κ3) is 3.26. The topological polar surface area (TPSA) is 24.1 Å². The highest BCUT2D eigenvalue weighted by molar-refractivity contribution is 7.80. The van der Waals surface area contributed by atoms with Gasteiger partial charge in [-0.25, -0.2) is 8.78 Å². The van der Waals surface area contributed by atoms with Crippen molar-refractivity contribution < 1.29 is 8.78 Å². The number of benzene rings is 1. The van der Waals surface area contributed by atoms with Gasteiger partial charge in [0.05, 0.1) is 5.69 Å². The fourth-order valence-corrected chi connectivity index (χ4v) is 3.14. The summed E-state index contributed by atoms with van der Waals surface area (Å²) in [5, 5.41) is 6.56. The van der Waals surface area contributed by atoms with Gasteiger partial charge in [0.1, 0.15) is 11.6 Å². The summed E-state index contributed by atoms with van der Waals surface area (Å²) in [6.07, 6.45) is 4.49. The summed E-state index contributed by atoms with van der Waals surface area (Å²) in [6, 6.07) is 3.41. The Bertz CT molecular complexity index is 497. The first-order valence-electron chi connectivity index (χ1n) is 6.97. The lowest BCUT2D eigenvalue weighted by atomic mass is 9.85. The maximum atomic E-state index is 13.6. The Balaban J connectivity index is 2.05. The molecule has 20 heavy (non-hydrogen) atoms. The van der Waals surface area contributed by atoms with Gasteiger partial charge in [0, 0.05) is 11.6 Å². The molecule has 1 aromatic carbocycles. The van der Waals surface area contributed by atoms with Crippen LogP contribution in [0.2, 0.25) is 0 Å². The SMILES string of the molecule is CC(C)C1(NC(=S)Nc2ccc(F)cc2F)CCCC1. The van der Waals surface area contributed by atoms with Gasteiger partial charge in [0.25, 0.3) is 0 Å². The average molecular weight is 298 g/mol. The Morgan fingerprint density at radius 3 is 2.45 bits per heavy atom. The fourth-order valence-electron chi connectivity index (χ4n) is 2.82. The van der Waals surface area contributed by atoms with E-state index in [1.807, 2.05) is 0 Å². The van der Waals surface area contributed by atoms with Crippen LogP contribution in [0.4, 0.5) is 14.5 Å². The van der Waals surface area contributed by atoms with Gasteiger partial charge >= 0.3 is 0 Å². The molecule has 0 bridgehead atoms. The van der Waals surface area contributed by atoms with Crippen LogP contribution in [0.15, 0.2) is 18.2 Å². The molecule has 0 unspecified atom stereocenters. The Hall–Kier alpha value is -1.23. The lowest BCUT2D eigenvalue weighted by Crippen LogP contribution is -2.51. The molecule has 0 radical (unpaired) electrons. The van der Waals surface area contributed by atoms with Crippen LogP contribution in [0.3, 0.4) is 0 Å². The quantitative estimate of drug-likeness (QED) is 0.817. The van der Waals surface area contributed by atoms with Crippen molar-refractivity contribution in [2.75, 3.05) is 5.32 Å². The van der Waals surface area contributed by atoms with Crippen molar-refractivity contribution >= 4 is 23.0 Å². The zero-order chi connectivity index (χ0) is 14.8. The molecule has 0 spiro atoms. The molecule has 1 aliphatic rings. The van der Waals surface area contributed by atoms with E-state index in [0.29, 0.717) is 11.0 Å². The summed E-state index contributed by atoms with van der Waals surface area (Å²) in [7, 11) is 0. The summed E-state index contributed by atoms with van der Waals surface area (Å²) in [5.74, 6) is -0.789. The molecule has 0 atom stereocenters. The number of rotatable bonds is 3. The van der Waals surface area contributed by atoms with Crippen LogP contribution in [-0.4, -0.2) is 10.7 Å². The van der Waals surface area contributed by atoms with Crippen LogP contribution in [0.5, 0.6) is 0 Å². The van der Waals surface area contributed by atoms with E-state index in [-0.39, 0.29) is 11.2 Å². The second-order valence-electron chi connectivity index (χ2n) is 5.72. The fraction of sp³-hybridized carbons (Fsp3) is 0.533. The Labute approximate surface area is 123 Å². The zero-order valence-electron chi connectivity index (χ0n) is 11.8. The first-order chi connectivity index (χ1) is 9.43. The number of nitrogens with one attached hydrogen (secondary N) is 2. The second-order valence-corrected chi connectivity index (χ2v) is 6.13. The molecule has 0 amide bonds. The number of halogens is 2.